The monoisotopic (exact) mass is 311 g/mol. The van der Waals surface area contributed by atoms with Crippen molar-refractivity contribution in [2.75, 3.05) is 5.32 Å². The van der Waals surface area contributed by atoms with Gasteiger partial charge in [0.05, 0.1) is 0 Å². The number of benzene rings is 2. The first-order chi connectivity index (χ1) is 11.2. The van der Waals surface area contributed by atoms with Crippen molar-refractivity contribution in [3.63, 3.8) is 0 Å². The van der Waals surface area contributed by atoms with Crippen LogP contribution in [0.3, 0.4) is 0 Å². The summed E-state index contributed by atoms with van der Waals surface area (Å²) in [4.78, 5) is 15.7. The van der Waals surface area contributed by atoms with E-state index in [2.05, 4.69) is 10.3 Å². The summed E-state index contributed by atoms with van der Waals surface area (Å²) in [6.07, 6.45) is 0.319. The van der Waals surface area contributed by atoms with Crippen LogP contribution in [0.15, 0.2) is 46.9 Å². The van der Waals surface area contributed by atoms with E-state index in [1.807, 2.05) is 24.3 Å². The number of nitrogens with zero attached hydrogens (tertiary/aromatic N) is 1. The Balaban J connectivity index is 1.86. The fourth-order valence-electron chi connectivity index (χ4n) is 2.16. The minimum absolute atomic E-state index is 0.289. The fraction of sp³-hybridized carbons (Fsp3) is 0.176. The maximum atomic E-state index is 11.3. The predicted molar refractivity (Wildman–Crippen MR) is 87.6 cm³/mol. The zero-order valence-electron chi connectivity index (χ0n) is 12.7. The van der Waals surface area contributed by atoms with Crippen molar-refractivity contribution >= 4 is 28.8 Å². The van der Waals surface area contributed by atoms with Gasteiger partial charge in [-0.15, -0.1) is 0 Å². The largest absolute Gasteiger partial charge is 0.426 e. The van der Waals surface area contributed by atoms with Crippen molar-refractivity contribution in [2.45, 2.75) is 19.9 Å². The molecule has 6 nitrogen and oxygen atoms in total. The second kappa shape index (κ2) is 6.50. The average Bonchev–Trinajstić information content (AvgIpc) is 2.96. The molecule has 0 atom stereocenters. The average molecular weight is 311 g/mol. The highest BCUT2D eigenvalue weighted by molar-refractivity contribution is 5.79. The van der Waals surface area contributed by atoms with E-state index in [-0.39, 0.29) is 5.97 Å². The van der Waals surface area contributed by atoms with Crippen LogP contribution in [0.5, 0.6) is 5.75 Å². The van der Waals surface area contributed by atoms with Crippen LogP contribution < -0.4 is 15.8 Å². The van der Waals surface area contributed by atoms with E-state index in [1.165, 1.54) is 0 Å². The van der Waals surface area contributed by atoms with Crippen molar-refractivity contribution in [2.24, 2.45) is 5.73 Å². The molecule has 0 amide bonds. The lowest BCUT2D eigenvalue weighted by molar-refractivity contribution is -0.134. The van der Waals surface area contributed by atoms with Crippen molar-refractivity contribution < 1.29 is 13.9 Å². The number of oxazole rings is 1. The predicted octanol–water partition coefficient (Wildman–Crippen LogP) is 3.35. The smallest absolute Gasteiger partial charge is 0.310 e. The number of anilines is 2. The summed E-state index contributed by atoms with van der Waals surface area (Å²) < 4.78 is 10.8. The summed E-state index contributed by atoms with van der Waals surface area (Å²) in [5, 5.41) is 3.12. The van der Waals surface area contributed by atoms with Crippen LogP contribution in [0.1, 0.15) is 18.9 Å². The van der Waals surface area contributed by atoms with E-state index >= 15 is 0 Å². The highest BCUT2D eigenvalue weighted by Crippen LogP contribution is 2.26. The Hall–Kier alpha value is -2.86. The number of hydrogen-bond donors (Lipinski definition) is 2. The number of fused-ring (bicyclic) bond motifs is 1. The van der Waals surface area contributed by atoms with E-state index in [0.29, 0.717) is 35.8 Å². The molecule has 0 spiro atoms. The number of hydrogen-bond acceptors (Lipinski definition) is 6. The van der Waals surface area contributed by atoms with Crippen molar-refractivity contribution in [1.82, 2.24) is 4.98 Å². The third-order valence-corrected chi connectivity index (χ3v) is 3.36. The molecular formula is C17H17N3O3. The normalized spacial score (nSPS) is 10.7. The fourth-order valence-corrected chi connectivity index (χ4v) is 2.16. The summed E-state index contributed by atoms with van der Waals surface area (Å²) in [7, 11) is 0. The van der Waals surface area contributed by atoms with E-state index in [1.54, 1.807) is 25.1 Å². The van der Waals surface area contributed by atoms with Gasteiger partial charge in [0.25, 0.3) is 6.01 Å². The number of ether oxygens (including phenoxy) is 1. The number of rotatable bonds is 5. The molecule has 1 heterocycles. The number of carbonyl (C=O) groups excluding carboxylic acids is 1. The number of nitrogens with one attached hydrogen (secondary N) is 1. The van der Waals surface area contributed by atoms with Gasteiger partial charge in [-0.25, -0.2) is 0 Å². The number of esters is 1. The molecule has 1 aromatic heterocycles. The van der Waals surface area contributed by atoms with Gasteiger partial charge in [-0.05, 0) is 23.8 Å². The highest BCUT2D eigenvalue weighted by atomic mass is 16.5. The summed E-state index contributed by atoms with van der Waals surface area (Å²) in [5.41, 5.74) is 8.75. The molecule has 0 bridgehead atoms. The Labute approximate surface area is 133 Å². The molecule has 0 unspecified atom stereocenters. The number of para-hydroxylation sites is 1. The number of nitrogens with two attached hydrogens (primary N) is 1. The first-order valence-electron chi connectivity index (χ1n) is 7.36. The van der Waals surface area contributed by atoms with Crippen molar-refractivity contribution in [3.05, 3.63) is 48.0 Å². The zero-order chi connectivity index (χ0) is 16.2. The Kier molecular flexibility index (Phi) is 4.25. The Morgan fingerprint density at radius 3 is 2.91 bits per heavy atom. The molecular weight excluding hydrogens is 294 g/mol. The molecule has 3 aromatic rings. The molecule has 0 aliphatic carbocycles. The molecule has 0 saturated heterocycles. The zero-order valence-corrected chi connectivity index (χ0v) is 12.7. The van der Waals surface area contributed by atoms with Gasteiger partial charge in [0.15, 0.2) is 5.58 Å². The molecule has 2 aromatic carbocycles. The van der Waals surface area contributed by atoms with Gasteiger partial charge in [-0.2, -0.15) is 4.98 Å². The first-order valence-corrected chi connectivity index (χ1v) is 7.36. The molecule has 0 radical (unpaired) electrons. The van der Waals surface area contributed by atoms with Gasteiger partial charge < -0.3 is 20.2 Å². The quantitative estimate of drug-likeness (QED) is 0.555. The van der Waals surface area contributed by atoms with Gasteiger partial charge in [0, 0.05) is 24.7 Å². The summed E-state index contributed by atoms with van der Waals surface area (Å²) in [6, 6.07) is 13.1. The molecule has 0 aliphatic rings. The van der Waals surface area contributed by atoms with Crippen LogP contribution in [0.2, 0.25) is 0 Å². The SMILES string of the molecule is CCC(=O)Oc1ccc2oc(Nc3ccccc3CN)nc2c1. The second-order valence-corrected chi connectivity index (χ2v) is 4.96. The lowest BCUT2D eigenvalue weighted by Crippen LogP contribution is -2.05. The van der Waals surface area contributed by atoms with Gasteiger partial charge >= 0.3 is 5.97 Å². The van der Waals surface area contributed by atoms with Crippen LogP contribution in [0.25, 0.3) is 11.1 Å². The van der Waals surface area contributed by atoms with E-state index < -0.39 is 0 Å². The first kappa shape index (κ1) is 15.1. The summed E-state index contributed by atoms with van der Waals surface area (Å²) in [6.45, 7) is 2.16. The third kappa shape index (κ3) is 3.32. The minimum Gasteiger partial charge on any atom is -0.426 e. The van der Waals surface area contributed by atoms with Crippen LogP contribution >= 0.6 is 0 Å². The van der Waals surface area contributed by atoms with Crippen LogP contribution in [-0.4, -0.2) is 11.0 Å². The summed E-state index contributed by atoms with van der Waals surface area (Å²) >= 11 is 0. The lowest BCUT2D eigenvalue weighted by Gasteiger charge is -2.06. The maximum Gasteiger partial charge on any atom is 0.310 e. The Morgan fingerprint density at radius 2 is 2.13 bits per heavy atom. The second-order valence-electron chi connectivity index (χ2n) is 4.96. The van der Waals surface area contributed by atoms with E-state index in [0.717, 1.165) is 11.3 Å². The van der Waals surface area contributed by atoms with Crippen LogP contribution in [-0.2, 0) is 11.3 Å². The van der Waals surface area contributed by atoms with Crippen LogP contribution in [0.4, 0.5) is 11.7 Å². The molecule has 6 heteroatoms. The molecule has 3 N–H and O–H groups in total. The Morgan fingerprint density at radius 1 is 1.30 bits per heavy atom. The molecule has 3 rings (SSSR count). The lowest BCUT2D eigenvalue weighted by atomic mass is 10.2. The van der Waals surface area contributed by atoms with Gasteiger partial charge in [0.1, 0.15) is 11.3 Å². The van der Waals surface area contributed by atoms with Crippen molar-refractivity contribution in [1.29, 1.82) is 0 Å². The maximum absolute atomic E-state index is 11.3. The van der Waals surface area contributed by atoms with E-state index in [4.69, 9.17) is 14.9 Å². The van der Waals surface area contributed by atoms with Gasteiger partial charge in [-0.3, -0.25) is 4.79 Å². The number of carbonyl (C=O) groups is 1. The Bertz CT molecular complexity index is 842. The number of aromatic nitrogens is 1. The molecule has 0 aliphatic heterocycles. The molecule has 0 fully saturated rings. The summed E-state index contributed by atoms with van der Waals surface area (Å²) in [5.74, 6) is 0.162. The standard InChI is InChI=1S/C17H17N3O3/c1-2-16(21)22-12-7-8-15-14(9-12)20-17(23-15)19-13-6-4-3-5-11(13)10-18/h3-9H,2,10,18H2,1H3,(H,19,20). The molecule has 118 valence electrons. The van der Waals surface area contributed by atoms with Crippen molar-refractivity contribution in [3.8, 4) is 5.75 Å². The van der Waals surface area contributed by atoms with Gasteiger partial charge in [-0.1, -0.05) is 25.1 Å². The van der Waals surface area contributed by atoms with Gasteiger partial charge in [0.2, 0.25) is 0 Å². The molecule has 0 saturated carbocycles. The topological polar surface area (TPSA) is 90.4 Å². The van der Waals surface area contributed by atoms with Crippen LogP contribution in [0, 0.1) is 0 Å². The molecule has 23 heavy (non-hydrogen) atoms. The highest BCUT2D eigenvalue weighted by Gasteiger charge is 2.10. The van der Waals surface area contributed by atoms with E-state index in [9.17, 15) is 4.79 Å². The minimum atomic E-state index is -0.289. The third-order valence-electron chi connectivity index (χ3n) is 3.36.